The van der Waals surface area contributed by atoms with Gasteiger partial charge in [0.25, 0.3) is 5.91 Å². The smallest absolute Gasteiger partial charge is 0.255 e. The van der Waals surface area contributed by atoms with E-state index in [1.165, 1.54) is 0 Å². The molecule has 2 aliphatic heterocycles. The Kier molecular flexibility index (Phi) is 5.07. The lowest BCUT2D eigenvalue weighted by Gasteiger charge is -2.33. The maximum Gasteiger partial charge on any atom is 0.255 e. The number of hydrogen-bond acceptors (Lipinski definition) is 6. The Morgan fingerprint density at radius 2 is 1.93 bits per heavy atom. The highest BCUT2D eigenvalue weighted by Crippen LogP contribution is 2.38. The molecule has 1 amide bonds. The first kappa shape index (κ1) is 18.9. The van der Waals surface area contributed by atoms with Gasteiger partial charge in [-0.25, -0.2) is 0 Å². The molecule has 2 aliphatic rings. The number of pyridine rings is 1. The summed E-state index contributed by atoms with van der Waals surface area (Å²) in [6, 6.07) is 9.68. The molecule has 1 aromatic carbocycles. The summed E-state index contributed by atoms with van der Waals surface area (Å²) in [7, 11) is -1.38. The monoisotopic (exact) mass is 401 g/mol. The van der Waals surface area contributed by atoms with Crippen molar-refractivity contribution in [1.29, 1.82) is 0 Å². The Labute approximate surface area is 165 Å². The summed E-state index contributed by atoms with van der Waals surface area (Å²) < 4.78 is 28.8. The third kappa shape index (κ3) is 3.62. The van der Waals surface area contributed by atoms with Gasteiger partial charge in [0.1, 0.15) is 17.3 Å². The number of amides is 1. The van der Waals surface area contributed by atoms with E-state index in [1.807, 2.05) is 30.3 Å². The van der Waals surface area contributed by atoms with Crippen LogP contribution in [-0.4, -0.2) is 58.6 Å². The summed E-state index contributed by atoms with van der Waals surface area (Å²) in [6.07, 6.45) is 3.43. The minimum Gasteiger partial charge on any atom is -0.615 e. The zero-order chi connectivity index (χ0) is 19.7. The average molecular weight is 401 g/mol. The zero-order valence-electron chi connectivity index (χ0n) is 15.8. The largest absolute Gasteiger partial charge is 0.615 e. The summed E-state index contributed by atoms with van der Waals surface area (Å²) in [4.78, 5) is 21.2. The second kappa shape index (κ2) is 7.52. The summed E-state index contributed by atoms with van der Waals surface area (Å²) in [5.74, 6) is 0.638. The highest BCUT2D eigenvalue weighted by molar-refractivity contribution is 7.97. The molecule has 7 nitrogen and oxygen atoms in total. The highest BCUT2D eigenvalue weighted by atomic mass is 32.3. The van der Waals surface area contributed by atoms with Gasteiger partial charge in [-0.1, -0.05) is 12.1 Å². The van der Waals surface area contributed by atoms with Crippen molar-refractivity contribution in [2.75, 3.05) is 43.1 Å². The van der Waals surface area contributed by atoms with E-state index in [0.29, 0.717) is 5.56 Å². The van der Waals surface area contributed by atoms with Crippen LogP contribution in [0.25, 0.3) is 0 Å². The first-order chi connectivity index (χ1) is 13.5. The molecule has 3 heterocycles. The second-order valence-electron chi connectivity index (χ2n) is 7.06. The van der Waals surface area contributed by atoms with Crippen molar-refractivity contribution < 1.29 is 18.3 Å². The number of carbonyl (C=O) groups excluding carboxylic acids is 1. The van der Waals surface area contributed by atoms with Crippen molar-refractivity contribution in [2.45, 2.75) is 12.8 Å². The lowest BCUT2D eigenvalue weighted by atomic mass is 10.0. The SMILES string of the molecule is COc1ccccc1N1CCCc2ncc(C(=O)N3CC[S+](=O)([O-])CC3)cc21. The standard InChI is InChI=1S/C20H23N3O4S/c1-27-19-7-3-2-6-17(19)23-8-4-5-16-18(23)13-15(14-21-16)20(24)22-9-11-28(25,26)12-10-22/h2-3,6-7,13-14H,4-5,8-12H2,1H3. The van der Waals surface area contributed by atoms with Crippen LogP contribution in [-0.2, 0) is 20.8 Å². The number of sulfone groups is 1. The van der Waals surface area contributed by atoms with Gasteiger partial charge < -0.3 is 19.1 Å². The molecule has 0 spiro atoms. The summed E-state index contributed by atoms with van der Waals surface area (Å²) >= 11 is 0. The number of methoxy groups -OCH3 is 1. The van der Waals surface area contributed by atoms with Gasteiger partial charge in [-0.2, -0.15) is 0 Å². The van der Waals surface area contributed by atoms with E-state index in [0.717, 1.165) is 42.2 Å². The Hall–Kier alpha value is -2.45. The predicted octanol–water partition coefficient (Wildman–Crippen LogP) is 2.26. The fourth-order valence-corrected chi connectivity index (χ4v) is 4.95. The normalized spacial score (nSPS) is 18.5. The molecule has 0 saturated carbocycles. The molecule has 0 aliphatic carbocycles. The maximum atomic E-state index is 12.9. The van der Waals surface area contributed by atoms with E-state index >= 15 is 0 Å². The van der Waals surface area contributed by atoms with E-state index in [4.69, 9.17) is 4.74 Å². The minimum absolute atomic E-state index is 0.0183. The molecule has 2 aromatic rings. The summed E-state index contributed by atoms with van der Waals surface area (Å²) in [6.45, 7) is 1.28. The summed E-state index contributed by atoms with van der Waals surface area (Å²) in [5.41, 5.74) is 3.29. The average Bonchev–Trinajstić information content (AvgIpc) is 2.72. The van der Waals surface area contributed by atoms with Crippen molar-refractivity contribution in [1.82, 2.24) is 9.88 Å². The van der Waals surface area contributed by atoms with Gasteiger partial charge in [0.2, 0.25) is 0 Å². The number of ether oxygens (including phenoxy) is 1. The zero-order valence-corrected chi connectivity index (χ0v) is 16.6. The third-order valence-electron chi connectivity index (χ3n) is 5.29. The van der Waals surface area contributed by atoms with Gasteiger partial charge in [-0.15, -0.1) is 4.21 Å². The molecule has 1 saturated heterocycles. The van der Waals surface area contributed by atoms with Crippen molar-refractivity contribution in [3.63, 3.8) is 0 Å². The number of carbonyl (C=O) groups is 1. The Morgan fingerprint density at radius 1 is 1.18 bits per heavy atom. The maximum absolute atomic E-state index is 12.9. The molecule has 8 heteroatoms. The van der Waals surface area contributed by atoms with Crippen LogP contribution >= 0.6 is 0 Å². The first-order valence-corrected chi connectivity index (χ1v) is 11.2. The number of aromatic nitrogens is 1. The van der Waals surface area contributed by atoms with E-state index in [1.54, 1.807) is 18.2 Å². The quantitative estimate of drug-likeness (QED) is 0.734. The molecular weight excluding hydrogens is 378 g/mol. The van der Waals surface area contributed by atoms with Crippen LogP contribution in [0.4, 0.5) is 11.4 Å². The van der Waals surface area contributed by atoms with Gasteiger partial charge >= 0.3 is 0 Å². The lowest BCUT2D eigenvalue weighted by molar-refractivity contribution is 0.0768. The van der Waals surface area contributed by atoms with Crippen molar-refractivity contribution in [3.8, 4) is 5.75 Å². The number of rotatable bonds is 3. The van der Waals surface area contributed by atoms with Crippen LogP contribution in [0.1, 0.15) is 22.5 Å². The molecule has 1 fully saturated rings. The predicted molar refractivity (Wildman–Crippen MR) is 107 cm³/mol. The number of anilines is 2. The molecule has 148 valence electrons. The van der Waals surface area contributed by atoms with Gasteiger partial charge in [0.15, 0.2) is 0 Å². The number of hydrogen-bond donors (Lipinski definition) is 0. The number of nitrogens with zero attached hydrogens (tertiary/aromatic N) is 3. The van der Waals surface area contributed by atoms with Crippen molar-refractivity contribution in [3.05, 3.63) is 47.8 Å². The van der Waals surface area contributed by atoms with E-state index < -0.39 is 10.2 Å². The van der Waals surface area contributed by atoms with Crippen LogP contribution in [0, 0.1) is 0 Å². The first-order valence-electron chi connectivity index (χ1n) is 9.38. The van der Waals surface area contributed by atoms with Gasteiger partial charge in [0, 0.05) is 12.7 Å². The minimum atomic E-state index is -3.03. The highest BCUT2D eigenvalue weighted by Gasteiger charge is 2.30. The third-order valence-corrected chi connectivity index (χ3v) is 6.90. The number of benzene rings is 1. The molecule has 4 rings (SSSR count). The van der Waals surface area contributed by atoms with Crippen LogP contribution in [0.3, 0.4) is 0 Å². The Morgan fingerprint density at radius 3 is 2.68 bits per heavy atom. The molecule has 0 unspecified atom stereocenters. The number of para-hydroxylation sites is 2. The van der Waals surface area contributed by atoms with Crippen molar-refractivity contribution >= 4 is 27.5 Å². The van der Waals surface area contributed by atoms with E-state index in [9.17, 15) is 13.6 Å². The molecule has 0 atom stereocenters. The molecule has 0 N–H and O–H groups in total. The topological polar surface area (TPSA) is 85.8 Å². The fourth-order valence-electron chi connectivity index (χ4n) is 3.75. The van der Waals surface area contributed by atoms with Crippen LogP contribution < -0.4 is 9.64 Å². The lowest BCUT2D eigenvalue weighted by Crippen LogP contribution is -2.46. The fraction of sp³-hybridized carbons (Fsp3) is 0.400. The van der Waals surface area contributed by atoms with Crippen LogP contribution in [0.5, 0.6) is 5.75 Å². The van der Waals surface area contributed by atoms with Crippen LogP contribution in [0.2, 0.25) is 0 Å². The molecule has 28 heavy (non-hydrogen) atoms. The summed E-state index contributed by atoms with van der Waals surface area (Å²) in [5, 5.41) is 0. The van der Waals surface area contributed by atoms with Crippen molar-refractivity contribution in [2.24, 2.45) is 0 Å². The second-order valence-corrected chi connectivity index (χ2v) is 9.36. The van der Waals surface area contributed by atoms with Gasteiger partial charge in [-0.05, 0) is 31.0 Å². The number of aryl methyl sites for hydroxylation is 1. The Bertz CT molecular complexity index is 937. The number of fused-ring (bicyclic) bond motifs is 1. The molecular formula is C20H23N3O4S. The Balaban J connectivity index is 1.65. The molecule has 1 aromatic heterocycles. The van der Waals surface area contributed by atoms with E-state index in [-0.39, 0.29) is 30.5 Å². The van der Waals surface area contributed by atoms with Gasteiger partial charge in [0.05, 0.1) is 53.0 Å². The molecule has 0 bridgehead atoms. The molecule has 0 radical (unpaired) electrons. The van der Waals surface area contributed by atoms with Crippen LogP contribution in [0.15, 0.2) is 36.5 Å². The van der Waals surface area contributed by atoms with Gasteiger partial charge in [-0.3, -0.25) is 9.78 Å². The van der Waals surface area contributed by atoms with E-state index in [2.05, 4.69) is 9.88 Å².